The lowest BCUT2D eigenvalue weighted by atomic mass is 9.91. The zero-order chi connectivity index (χ0) is 21.6. The Bertz CT molecular complexity index is 731. The summed E-state index contributed by atoms with van der Waals surface area (Å²) in [4.78, 5) is 34.2. The van der Waals surface area contributed by atoms with Crippen LogP contribution < -0.4 is 16.4 Å². The Kier molecular flexibility index (Phi) is 7.47. The van der Waals surface area contributed by atoms with E-state index in [-0.39, 0.29) is 24.6 Å². The molecule has 0 radical (unpaired) electrons. The standard InChI is InChI=1S/C16H25N5O8/c1-8(22)11(13(25)26)19-15(27)18-9(2-3-10(23)24)12-20-21-14(29-12)16(17)4-6-28-7-5-16/h8-9,11,22H,2-7,17H2,1H3,(H,23,24)(H,25,26)(H2,18,19,27)/t8-,9?,11-/m0/s1. The Balaban J connectivity index is 2.14. The summed E-state index contributed by atoms with van der Waals surface area (Å²) in [6.45, 7) is 2.06. The number of aliphatic hydroxyl groups excluding tert-OH is 1. The second-order valence-electron chi connectivity index (χ2n) is 6.87. The molecule has 1 aromatic rings. The molecular formula is C16H25N5O8. The van der Waals surface area contributed by atoms with Gasteiger partial charge in [0.25, 0.3) is 0 Å². The number of nitrogens with two attached hydrogens (primary N) is 1. The largest absolute Gasteiger partial charge is 0.481 e. The predicted octanol–water partition coefficient (Wildman–Crippen LogP) is -0.927. The number of carboxylic acid groups (broad SMARTS) is 2. The van der Waals surface area contributed by atoms with Gasteiger partial charge in [-0.2, -0.15) is 0 Å². The van der Waals surface area contributed by atoms with E-state index >= 15 is 0 Å². The average Bonchev–Trinajstić information content (AvgIpc) is 3.14. The topological polar surface area (TPSA) is 210 Å². The third-order valence-electron chi connectivity index (χ3n) is 4.54. The first-order chi connectivity index (χ1) is 13.6. The van der Waals surface area contributed by atoms with Crippen molar-refractivity contribution >= 4 is 18.0 Å². The molecule has 1 aromatic heterocycles. The van der Waals surface area contributed by atoms with Gasteiger partial charge in [-0.1, -0.05) is 0 Å². The number of aromatic nitrogens is 2. The van der Waals surface area contributed by atoms with Crippen LogP contribution in [0.15, 0.2) is 4.42 Å². The number of carboxylic acids is 2. The Morgan fingerprint density at radius 3 is 2.41 bits per heavy atom. The van der Waals surface area contributed by atoms with Gasteiger partial charge in [-0.15, -0.1) is 10.2 Å². The van der Waals surface area contributed by atoms with Gasteiger partial charge in [-0.3, -0.25) is 4.79 Å². The van der Waals surface area contributed by atoms with E-state index in [4.69, 9.17) is 25.1 Å². The minimum Gasteiger partial charge on any atom is -0.481 e. The SMILES string of the molecule is C[C@H](O)[C@H](NC(=O)NC(CCC(=O)O)c1nnc(C2(N)CCOCC2)o1)C(=O)O. The van der Waals surface area contributed by atoms with Crippen LogP contribution in [0, 0.1) is 0 Å². The molecule has 0 saturated carbocycles. The van der Waals surface area contributed by atoms with Crippen molar-refractivity contribution in [2.45, 2.75) is 56.3 Å². The van der Waals surface area contributed by atoms with Crippen LogP contribution in [0.4, 0.5) is 4.79 Å². The van der Waals surface area contributed by atoms with Crippen molar-refractivity contribution in [3.8, 4) is 0 Å². The summed E-state index contributed by atoms with van der Waals surface area (Å²) in [6, 6.07) is -3.50. The molecule has 1 aliphatic heterocycles. The van der Waals surface area contributed by atoms with Crippen molar-refractivity contribution in [1.29, 1.82) is 0 Å². The number of urea groups is 1. The number of hydrogen-bond donors (Lipinski definition) is 6. The molecule has 2 heterocycles. The normalized spacial score (nSPS) is 19.0. The number of aliphatic hydroxyl groups is 1. The summed E-state index contributed by atoms with van der Waals surface area (Å²) in [6.07, 6.45) is -0.842. The summed E-state index contributed by atoms with van der Waals surface area (Å²) in [5, 5.41) is 39.8. The molecule has 1 aliphatic rings. The number of hydrogen-bond acceptors (Lipinski definition) is 9. The molecule has 29 heavy (non-hydrogen) atoms. The minimum atomic E-state index is -1.55. The fourth-order valence-electron chi connectivity index (χ4n) is 2.78. The van der Waals surface area contributed by atoms with Crippen molar-refractivity contribution in [3.05, 3.63) is 11.8 Å². The second kappa shape index (κ2) is 9.62. The first kappa shape index (κ1) is 22.5. The molecule has 1 saturated heterocycles. The molecule has 7 N–H and O–H groups in total. The number of aliphatic carboxylic acids is 2. The molecule has 162 valence electrons. The molecular weight excluding hydrogens is 390 g/mol. The number of ether oxygens (including phenoxy) is 1. The van der Waals surface area contributed by atoms with Gasteiger partial charge in [0.15, 0.2) is 6.04 Å². The third kappa shape index (κ3) is 6.10. The van der Waals surface area contributed by atoms with E-state index in [0.717, 1.165) is 0 Å². The number of rotatable bonds is 9. The van der Waals surface area contributed by atoms with Crippen molar-refractivity contribution in [2.24, 2.45) is 5.73 Å². The van der Waals surface area contributed by atoms with Crippen LogP contribution in [0.3, 0.4) is 0 Å². The minimum absolute atomic E-state index is 0.0587. The molecule has 1 fully saturated rings. The van der Waals surface area contributed by atoms with E-state index in [0.29, 0.717) is 26.1 Å². The molecule has 2 rings (SSSR count). The quantitative estimate of drug-likeness (QED) is 0.290. The summed E-state index contributed by atoms with van der Waals surface area (Å²) < 4.78 is 10.9. The van der Waals surface area contributed by atoms with Crippen LogP contribution in [0.5, 0.6) is 0 Å². The first-order valence-electron chi connectivity index (χ1n) is 9.02. The third-order valence-corrected chi connectivity index (χ3v) is 4.54. The van der Waals surface area contributed by atoms with E-state index in [1.54, 1.807) is 0 Å². The highest BCUT2D eigenvalue weighted by atomic mass is 16.5. The maximum Gasteiger partial charge on any atom is 0.328 e. The lowest BCUT2D eigenvalue weighted by Gasteiger charge is -2.29. The number of nitrogens with zero attached hydrogens (tertiary/aromatic N) is 2. The van der Waals surface area contributed by atoms with Crippen LogP contribution in [-0.4, -0.2) is 68.8 Å². The highest BCUT2D eigenvalue weighted by molar-refractivity contribution is 5.83. The van der Waals surface area contributed by atoms with E-state index in [1.165, 1.54) is 6.92 Å². The van der Waals surface area contributed by atoms with Gasteiger partial charge in [0.1, 0.15) is 6.04 Å². The number of amides is 2. The molecule has 13 nitrogen and oxygen atoms in total. The summed E-state index contributed by atoms with van der Waals surface area (Å²) in [5.41, 5.74) is 5.40. The van der Waals surface area contributed by atoms with Crippen LogP contribution in [0.2, 0.25) is 0 Å². The highest BCUT2D eigenvalue weighted by Crippen LogP contribution is 2.30. The fraction of sp³-hybridized carbons (Fsp3) is 0.688. The van der Waals surface area contributed by atoms with Crippen LogP contribution in [0.25, 0.3) is 0 Å². The Labute approximate surface area is 165 Å². The predicted molar refractivity (Wildman–Crippen MR) is 94.6 cm³/mol. The maximum atomic E-state index is 12.2. The maximum absolute atomic E-state index is 12.2. The van der Waals surface area contributed by atoms with E-state index < -0.39 is 41.7 Å². The lowest BCUT2D eigenvalue weighted by molar-refractivity contribution is -0.141. The summed E-state index contributed by atoms with van der Waals surface area (Å²) in [5.74, 6) is -2.45. The van der Waals surface area contributed by atoms with Crippen LogP contribution in [-0.2, 0) is 19.9 Å². The van der Waals surface area contributed by atoms with E-state index in [9.17, 15) is 19.5 Å². The zero-order valence-electron chi connectivity index (χ0n) is 15.8. The van der Waals surface area contributed by atoms with E-state index in [1.807, 2.05) is 0 Å². The number of carbonyl (C=O) groups is 3. The number of nitrogens with one attached hydrogen (secondary N) is 2. The number of carbonyl (C=O) groups excluding carboxylic acids is 1. The van der Waals surface area contributed by atoms with Gasteiger partial charge in [-0.25, -0.2) is 9.59 Å². The van der Waals surface area contributed by atoms with Crippen molar-refractivity contribution < 1.29 is 38.9 Å². The monoisotopic (exact) mass is 415 g/mol. The fourth-order valence-corrected chi connectivity index (χ4v) is 2.78. The Hall–Kier alpha value is -2.77. The molecule has 3 atom stereocenters. The van der Waals surface area contributed by atoms with Gasteiger partial charge in [0.05, 0.1) is 11.6 Å². The van der Waals surface area contributed by atoms with Crippen molar-refractivity contribution in [2.75, 3.05) is 13.2 Å². The smallest absolute Gasteiger partial charge is 0.328 e. The van der Waals surface area contributed by atoms with Crippen molar-refractivity contribution in [3.63, 3.8) is 0 Å². The zero-order valence-corrected chi connectivity index (χ0v) is 15.8. The summed E-state index contributed by atoms with van der Waals surface area (Å²) >= 11 is 0. The first-order valence-corrected chi connectivity index (χ1v) is 9.02. The van der Waals surface area contributed by atoms with Crippen molar-refractivity contribution in [1.82, 2.24) is 20.8 Å². The van der Waals surface area contributed by atoms with Gasteiger partial charge >= 0.3 is 18.0 Å². The van der Waals surface area contributed by atoms with Gasteiger partial charge in [-0.05, 0) is 26.2 Å². The molecule has 0 aromatic carbocycles. The Morgan fingerprint density at radius 1 is 1.21 bits per heavy atom. The second-order valence-corrected chi connectivity index (χ2v) is 6.87. The Morgan fingerprint density at radius 2 is 1.86 bits per heavy atom. The average molecular weight is 415 g/mol. The molecule has 0 bridgehead atoms. The van der Waals surface area contributed by atoms with Gasteiger partial charge in [0.2, 0.25) is 11.8 Å². The van der Waals surface area contributed by atoms with Gasteiger partial charge in [0, 0.05) is 19.6 Å². The lowest BCUT2D eigenvalue weighted by Crippen LogP contribution is -2.51. The van der Waals surface area contributed by atoms with E-state index in [2.05, 4.69) is 20.8 Å². The molecule has 0 aliphatic carbocycles. The van der Waals surface area contributed by atoms with Gasteiger partial charge < -0.3 is 40.8 Å². The highest BCUT2D eigenvalue weighted by Gasteiger charge is 2.36. The molecule has 1 unspecified atom stereocenters. The molecule has 2 amide bonds. The summed E-state index contributed by atoms with van der Waals surface area (Å²) in [7, 11) is 0. The molecule has 13 heteroatoms. The van der Waals surface area contributed by atoms with Crippen LogP contribution in [0.1, 0.15) is 50.4 Å². The van der Waals surface area contributed by atoms with Crippen LogP contribution >= 0.6 is 0 Å². The molecule has 0 spiro atoms.